The number of nitrogens with one attached hydrogen (secondary N) is 1. The van der Waals surface area contributed by atoms with Crippen molar-refractivity contribution in [3.8, 4) is 11.5 Å². The van der Waals surface area contributed by atoms with Gasteiger partial charge < -0.3 is 19.7 Å². The first-order valence-corrected chi connectivity index (χ1v) is 10.9. The first-order valence-electron chi connectivity index (χ1n) is 10.9. The number of carbonyl (C=O) groups excluding carboxylic acids is 2. The number of carbonyl (C=O) groups is 2. The number of amides is 2. The molecule has 0 saturated carbocycles. The van der Waals surface area contributed by atoms with Gasteiger partial charge in [-0.25, -0.2) is 0 Å². The Balaban J connectivity index is 1.46. The molecular weight excluding hydrogens is 394 g/mol. The fourth-order valence-corrected chi connectivity index (χ4v) is 3.63. The van der Waals surface area contributed by atoms with Crippen LogP contribution in [0, 0.1) is 0 Å². The van der Waals surface area contributed by atoms with Gasteiger partial charge in [0.15, 0.2) is 0 Å². The minimum absolute atomic E-state index is 0.00420. The highest BCUT2D eigenvalue weighted by Crippen LogP contribution is 2.21. The van der Waals surface area contributed by atoms with Gasteiger partial charge in [0, 0.05) is 39.3 Å². The normalized spacial score (nSPS) is 14.2. The highest BCUT2D eigenvalue weighted by Gasteiger charge is 2.24. The molecule has 0 atom stereocenters. The predicted octanol–water partition coefficient (Wildman–Crippen LogP) is 2.67. The van der Waals surface area contributed by atoms with Crippen molar-refractivity contribution in [2.24, 2.45) is 0 Å². The molecule has 7 heteroatoms. The molecule has 1 saturated heterocycles. The fourth-order valence-electron chi connectivity index (χ4n) is 3.63. The van der Waals surface area contributed by atoms with Crippen molar-refractivity contribution in [1.29, 1.82) is 0 Å². The third-order valence-electron chi connectivity index (χ3n) is 5.22. The van der Waals surface area contributed by atoms with Crippen molar-refractivity contribution in [2.75, 3.05) is 52.5 Å². The van der Waals surface area contributed by atoms with Crippen LogP contribution < -0.4 is 14.8 Å². The van der Waals surface area contributed by atoms with Crippen molar-refractivity contribution in [3.05, 3.63) is 59.7 Å². The monoisotopic (exact) mass is 425 g/mol. The first kappa shape index (κ1) is 22.6. The summed E-state index contributed by atoms with van der Waals surface area (Å²) in [4.78, 5) is 29.5. The average Bonchev–Trinajstić information content (AvgIpc) is 2.80. The van der Waals surface area contributed by atoms with Crippen LogP contribution in [-0.4, -0.2) is 74.1 Å². The molecule has 1 N–H and O–H groups in total. The van der Waals surface area contributed by atoms with Crippen LogP contribution in [0.2, 0.25) is 0 Å². The van der Waals surface area contributed by atoms with Crippen LogP contribution >= 0.6 is 0 Å². The molecule has 0 aromatic heterocycles. The van der Waals surface area contributed by atoms with Crippen LogP contribution in [0.3, 0.4) is 0 Å². The summed E-state index contributed by atoms with van der Waals surface area (Å²) in [6.45, 7) is 8.98. The summed E-state index contributed by atoms with van der Waals surface area (Å²) in [5, 5.41) is 2.97. The second-order valence-corrected chi connectivity index (χ2v) is 7.25. The molecule has 166 valence electrons. The number of rotatable bonds is 9. The van der Waals surface area contributed by atoms with Gasteiger partial charge in [0.1, 0.15) is 11.5 Å². The summed E-state index contributed by atoms with van der Waals surface area (Å²) in [5.41, 5.74) is 1.16. The highest BCUT2D eigenvalue weighted by molar-refractivity contribution is 5.97. The SMILES string of the molecule is CCOc1ccccc1C(=O)NCCN1CCN(C(=O)c2ccccc2OCC)CC1. The number of piperazine rings is 1. The van der Waals surface area contributed by atoms with E-state index < -0.39 is 0 Å². The Morgan fingerprint density at radius 1 is 0.839 bits per heavy atom. The third kappa shape index (κ3) is 5.98. The maximum Gasteiger partial charge on any atom is 0.257 e. The van der Waals surface area contributed by atoms with E-state index in [0.717, 1.165) is 19.6 Å². The highest BCUT2D eigenvalue weighted by atomic mass is 16.5. The van der Waals surface area contributed by atoms with Crippen LogP contribution in [-0.2, 0) is 0 Å². The van der Waals surface area contributed by atoms with E-state index >= 15 is 0 Å². The number of para-hydroxylation sites is 2. The summed E-state index contributed by atoms with van der Waals surface area (Å²) < 4.78 is 11.1. The first-order chi connectivity index (χ1) is 15.1. The molecule has 1 aliphatic rings. The van der Waals surface area contributed by atoms with Crippen molar-refractivity contribution in [1.82, 2.24) is 15.1 Å². The lowest BCUT2D eigenvalue weighted by Crippen LogP contribution is -2.50. The number of nitrogens with zero attached hydrogens (tertiary/aromatic N) is 2. The lowest BCUT2D eigenvalue weighted by molar-refractivity contribution is 0.0634. The minimum atomic E-state index is -0.134. The van der Waals surface area contributed by atoms with Crippen LogP contribution in [0.25, 0.3) is 0 Å². The smallest absolute Gasteiger partial charge is 0.257 e. The van der Waals surface area contributed by atoms with E-state index in [4.69, 9.17) is 9.47 Å². The van der Waals surface area contributed by atoms with Crippen LogP contribution in [0.1, 0.15) is 34.6 Å². The maximum absolute atomic E-state index is 12.9. The molecule has 1 heterocycles. The predicted molar refractivity (Wildman–Crippen MR) is 120 cm³/mol. The maximum atomic E-state index is 12.9. The van der Waals surface area contributed by atoms with Gasteiger partial charge >= 0.3 is 0 Å². The topological polar surface area (TPSA) is 71.1 Å². The van der Waals surface area contributed by atoms with Gasteiger partial charge in [-0.15, -0.1) is 0 Å². The van der Waals surface area contributed by atoms with E-state index in [0.29, 0.717) is 55.5 Å². The Kier molecular flexibility index (Phi) is 8.29. The van der Waals surface area contributed by atoms with Gasteiger partial charge in [-0.05, 0) is 38.1 Å². The van der Waals surface area contributed by atoms with Gasteiger partial charge in [0.2, 0.25) is 0 Å². The zero-order valence-electron chi connectivity index (χ0n) is 18.3. The molecule has 31 heavy (non-hydrogen) atoms. The number of hydrogen-bond acceptors (Lipinski definition) is 5. The van der Waals surface area contributed by atoms with E-state index in [1.165, 1.54) is 0 Å². The zero-order valence-corrected chi connectivity index (χ0v) is 18.3. The third-order valence-corrected chi connectivity index (χ3v) is 5.22. The van der Waals surface area contributed by atoms with Crippen LogP contribution in [0.5, 0.6) is 11.5 Å². The quantitative estimate of drug-likeness (QED) is 0.669. The summed E-state index contributed by atoms with van der Waals surface area (Å²) in [5.74, 6) is 1.10. The lowest BCUT2D eigenvalue weighted by atomic mass is 10.1. The van der Waals surface area contributed by atoms with Crippen LogP contribution in [0.15, 0.2) is 48.5 Å². The van der Waals surface area contributed by atoms with Crippen molar-refractivity contribution >= 4 is 11.8 Å². The van der Waals surface area contributed by atoms with Gasteiger partial charge in [-0.1, -0.05) is 24.3 Å². The number of benzene rings is 2. The minimum Gasteiger partial charge on any atom is -0.493 e. The Morgan fingerprint density at radius 2 is 1.39 bits per heavy atom. The van der Waals surface area contributed by atoms with E-state index in [2.05, 4.69) is 10.2 Å². The molecule has 1 aliphatic heterocycles. The number of hydrogen-bond donors (Lipinski definition) is 1. The van der Waals surface area contributed by atoms with Gasteiger partial charge in [0.25, 0.3) is 11.8 Å². The Bertz CT molecular complexity index is 876. The standard InChI is InChI=1S/C24H31N3O4/c1-3-30-21-11-7-5-9-19(21)23(28)25-13-14-26-15-17-27(18-16-26)24(29)20-10-6-8-12-22(20)31-4-2/h5-12H,3-4,13-18H2,1-2H3,(H,25,28). The second kappa shape index (κ2) is 11.4. The Labute approximate surface area is 183 Å². The summed E-state index contributed by atoms with van der Waals surface area (Å²) in [7, 11) is 0. The van der Waals surface area contributed by atoms with Crippen LogP contribution in [0.4, 0.5) is 0 Å². The van der Waals surface area contributed by atoms with Crippen molar-refractivity contribution in [3.63, 3.8) is 0 Å². The molecule has 3 rings (SSSR count). The van der Waals surface area contributed by atoms with Gasteiger partial charge in [-0.2, -0.15) is 0 Å². The van der Waals surface area contributed by atoms with Gasteiger partial charge in [-0.3, -0.25) is 14.5 Å². The largest absolute Gasteiger partial charge is 0.493 e. The summed E-state index contributed by atoms with van der Waals surface area (Å²) in [6.07, 6.45) is 0. The Morgan fingerprint density at radius 3 is 2.00 bits per heavy atom. The molecule has 0 unspecified atom stereocenters. The second-order valence-electron chi connectivity index (χ2n) is 7.25. The Hall–Kier alpha value is -3.06. The summed E-state index contributed by atoms with van der Waals surface area (Å²) >= 11 is 0. The van der Waals surface area contributed by atoms with E-state index in [1.807, 2.05) is 55.1 Å². The molecule has 0 radical (unpaired) electrons. The molecule has 0 aliphatic carbocycles. The molecule has 2 amide bonds. The van der Waals surface area contributed by atoms with E-state index in [-0.39, 0.29) is 11.8 Å². The van der Waals surface area contributed by atoms with E-state index in [1.54, 1.807) is 12.1 Å². The lowest BCUT2D eigenvalue weighted by Gasteiger charge is -2.35. The zero-order chi connectivity index (χ0) is 22.1. The van der Waals surface area contributed by atoms with Crippen molar-refractivity contribution in [2.45, 2.75) is 13.8 Å². The summed E-state index contributed by atoms with van der Waals surface area (Å²) in [6, 6.07) is 14.6. The van der Waals surface area contributed by atoms with Crippen molar-refractivity contribution < 1.29 is 19.1 Å². The molecule has 1 fully saturated rings. The number of ether oxygens (including phenoxy) is 2. The molecule has 0 bridgehead atoms. The molecule has 0 spiro atoms. The van der Waals surface area contributed by atoms with Gasteiger partial charge in [0.05, 0.1) is 24.3 Å². The molecule has 2 aromatic carbocycles. The van der Waals surface area contributed by atoms with E-state index in [9.17, 15) is 9.59 Å². The molecular formula is C24H31N3O4. The fraction of sp³-hybridized carbons (Fsp3) is 0.417. The molecule has 7 nitrogen and oxygen atoms in total. The molecule has 2 aromatic rings. The average molecular weight is 426 g/mol.